The maximum Gasteiger partial charge on any atom is 0.175 e. The van der Waals surface area contributed by atoms with Crippen molar-refractivity contribution in [1.29, 1.82) is 0 Å². The Labute approximate surface area is 149 Å². The van der Waals surface area contributed by atoms with Crippen LogP contribution in [0, 0.1) is 11.8 Å². The van der Waals surface area contributed by atoms with Crippen LogP contribution in [0.4, 0.5) is 0 Å². The minimum atomic E-state index is -3.15. The lowest BCUT2D eigenvalue weighted by atomic mass is 9.45. The summed E-state index contributed by atoms with van der Waals surface area (Å²) in [5.41, 5.74) is 7.26. The van der Waals surface area contributed by atoms with Gasteiger partial charge in [0.1, 0.15) is 0 Å². The van der Waals surface area contributed by atoms with Crippen molar-refractivity contribution in [2.45, 2.75) is 54.4 Å². The van der Waals surface area contributed by atoms with E-state index in [1.807, 2.05) is 12.1 Å². The van der Waals surface area contributed by atoms with Gasteiger partial charge < -0.3 is 11.1 Å². The monoisotopic (exact) mass is 364 g/mol. The first-order chi connectivity index (χ1) is 11.2. The van der Waals surface area contributed by atoms with Crippen LogP contribution in [-0.2, 0) is 15.3 Å². The van der Waals surface area contributed by atoms with Crippen LogP contribution in [0.15, 0.2) is 29.2 Å². The highest BCUT2D eigenvalue weighted by molar-refractivity contribution is 7.90. The second kappa shape index (κ2) is 5.18. The lowest BCUT2D eigenvalue weighted by molar-refractivity contribution is -0.0320. The standard InChI is InChI=1S/C18H24N2O2S2/c1-24(21,22)15-4-2-14(3-5-15)17-7-12-6-13(8-17)10-18(9-12,11-17)20-16(19)23/h2-5,12-13H,6-11H2,1H3,(H3,19,20,23)/t12-,13+,17?,18?. The van der Waals surface area contributed by atoms with E-state index in [4.69, 9.17) is 18.0 Å². The molecule has 2 unspecified atom stereocenters. The third kappa shape index (κ3) is 2.64. The highest BCUT2D eigenvalue weighted by atomic mass is 32.2. The summed E-state index contributed by atoms with van der Waals surface area (Å²) in [5.74, 6) is 1.42. The van der Waals surface area contributed by atoms with Crippen LogP contribution in [0.3, 0.4) is 0 Å². The molecule has 0 amide bonds. The van der Waals surface area contributed by atoms with Crippen molar-refractivity contribution in [3.05, 3.63) is 29.8 Å². The molecule has 6 heteroatoms. The van der Waals surface area contributed by atoms with Gasteiger partial charge in [-0.25, -0.2) is 8.42 Å². The molecule has 0 radical (unpaired) electrons. The zero-order chi connectivity index (χ0) is 17.2. The highest BCUT2D eigenvalue weighted by Gasteiger charge is 2.58. The molecule has 1 aromatic rings. The molecular weight excluding hydrogens is 340 g/mol. The molecule has 0 heterocycles. The Morgan fingerprint density at radius 3 is 2.25 bits per heavy atom. The third-order valence-corrected chi connectivity index (χ3v) is 7.57. The molecule has 4 fully saturated rings. The summed E-state index contributed by atoms with van der Waals surface area (Å²) in [7, 11) is -3.15. The van der Waals surface area contributed by atoms with Gasteiger partial charge >= 0.3 is 0 Å². The molecule has 4 saturated carbocycles. The van der Waals surface area contributed by atoms with Crippen molar-refractivity contribution in [2.75, 3.05) is 6.26 Å². The van der Waals surface area contributed by atoms with Gasteiger partial charge in [0.2, 0.25) is 0 Å². The zero-order valence-electron chi connectivity index (χ0n) is 13.9. The summed E-state index contributed by atoms with van der Waals surface area (Å²) in [5, 5.41) is 3.83. The lowest BCUT2D eigenvalue weighted by Gasteiger charge is -2.62. The van der Waals surface area contributed by atoms with Crippen LogP contribution >= 0.6 is 12.2 Å². The van der Waals surface area contributed by atoms with E-state index in [0.29, 0.717) is 21.8 Å². The van der Waals surface area contributed by atoms with E-state index < -0.39 is 9.84 Å². The molecule has 4 aliphatic rings. The van der Waals surface area contributed by atoms with Crippen molar-refractivity contribution >= 4 is 27.2 Å². The Morgan fingerprint density at radius 1 is 1.17 bits per heavy atom. The number of nitrogens with one attached hydrogen (secondary N) is 1. The molecule has 4 atom stereocenters. The van der Waals surface area contributed by atoms with Crippen molar-refractivity contribution in [3.8, 4) is 0 Å². The van der Waals surface area contributed by atoms with E-state index in [2.05, 4.69) is 5.32 Å². The third-order valence-electron chi connectivity index (χ3n) is 6.34. The summed E-state index contributed by atoms with van der Waals surface area (Å²) >= 11 is 5.14. The van der Waals surface area contributed by atoms with Gasteiger partial charge in [-0.2, -0.15) is 0 Å². The topological polar surface area (TPSA) is 72.2 Å². The van der Waals surface area contributed by atoms with E-state index in [-0.39, 0.29) is 11.0 Å². The second-order valence-electron chi connectivity index (χ2n) is 8.31. The second-order valence-corrected chi connectivity index (χ2v) is 10.8. The number of rotatable bonds is 3. The van der Waals surface area contributed by atoms with Gasteiger partial charge in [-0.05, 0) is 85.7 Å². The summed E-state index contributed by atoms with van der Waals surface area (Å²) in [6.07, 6.45) is 8.32. The minimum absolute atomic E-state index is 0.0332. The van der Waals surface area contributed by atoms with E-state index >= 15 is 0 Å². The Hall–Kier alpha value is -1.14. The molecule has 1 aromatic carbocycles. The minimum Gasteiger partial charge on any atom is -0.376 e. The first-order valence-corrected chi connectivity index (χ1v) is 10.9. The predicted molar refractivity (Wildman–Crippen MR) is 98.6 cm³/mol. The van der Waals surface area contributed by atoms with Gasteiger partial charge in [-0.3, -0.25) is 0 Å². The highest BCUT2D eigenvalue weighted by Crippen LogP contribution is 2.62. The molecule has 0 saturated heterocycles. The molecule has 4 nitrogen and oxygen atoms in total. The Kier molecular flexibility index (Phi) is 3.52. The maximum atomic E-state index is 11.7. The van der Waals surface area contributed by atoms with Crippen LogP contribution < -0.4 is 11.1 Å². The lowest BCUT2D eigenvalue weighted by Crippen LogP contribution is -2.65. The summed E-state index contributed by atoms with van der Waals surface area (Å²) in [4.78, 5) is 0.395. The average Bonchev–Trinajstić information content (AvgIpc) is 2.43. The summed E-state index contributed by atoms with van der Waals surface area (Å²) in [6.45, 7) is 0. The van der Waals surface area contributed by atoms with Crippen LogP contribution in [0.25, 0.3) is 0 Å². The van der Waals surface area contributed by atoms with Gasteiger partial charge in [0, 0.05) is 11.8 Å². The van der Waals surface area contributed by atoms with Gasteiger partial charge in [0.25, 0.3) is 0 Å². The summed E-state index contributed by atoms with van der Waals surface area (Å²) < 4.78 is 23.5. The molecule has 4 aliphatic carbocycles. The number of benzene rings is 1. The fraction of sp³-hybridized carbons (Fsp3) is 0.611. The van der Waals surface area contributed by atoms with Gasteiger partial charge in [-0.15, -0.1) is 0 Å². The van der Waals surface area contributed by atoms with Crippen molar-refractivity contribution < 1.29 is 8.42 Å². The van der Waals surface area contributed by atoms with Crippen LogP contribution in [-0.4, -0.2) is 25.3 Å². The number of nitrogens with two attached hydrogens (primary N) is 1. The smallest absolute Gasteiger partial charge is 0.175 e. The quantitative estimate of drug-likeness (QED) is 0.807. The van der Waals surface area contributed by atoms with Gasteiger partial charge in [0.05, 0.1) is 4.90 Å². The Bertz CT molecular complexity index is 772. The molecule has 0 spiro atoms. The first-order valence-electron chi connectivity index (χ1n) is 8.58. The predicted octanol–water partition coefficient (Wildman–Crippen LogP) is 2.51. The Balaban J connectivity index is 1.71. The summed E-state index contributed by atoms with van der Waals surface area (Å²) in [6, 6.07) is 7.57. The Morgan fingerprint density at radius 2 is 1.75 bits per heavy atom. The van der Waals surface area contributed by atoms with Crippen LogP contribution in [0.5, 0.6) is 0 Å². The number of thiocarbonyl (C=S) groups is 1. The molecule has 4 bridgehead atoms. The van der Waals surface area contributed by atoms with E-state index in [1.165, 1.54) is 31.1 Å². The molecule has 0 aromatic heterocycles. The average molecular weight is 365 g/mol. The molecule has 3 N–H and O–H groups in total. The fourth-order valence-electron chi connectivity index (χ4n) is 6.06. The molecular formula is C18H24N2O2S2. The molecule has 0 aliphatic heterocycles. The van der Waals surface area contributed by atoms with Crippen molar-refractivity contribution in [2.24, 2.45) is 17.6 Å². The van der Waals surface area contributed by atoms with Gasteiger partial charge in [-0.1, -0.05) is 12.1 Å². The SMILES string of the molecule is CS(=O)(=O)c1ccc(C23C[C@@H]4C[C@@H](CC(NC(N)=S)(C4)C2)C3)cc1. The fourth-order valence-corrected chi connectivity index (χ4v) is 6.91. The first kappa shape index (κ1) is 16.3. The van der Waals surface area contributed by atoms with Gasteiger partial charge in [0.15, 0.2) is 14.9 Å². The molecule has 5 rings (SSSR count). The van der Waals surface area contributed by atoms with Crippen molar-refractivity contribution in [3.63, 3.8) is 0 Å². The zero-order valence-corrected chi connectivity index (χ0v) is 15.6. The van der Waals surface area contributed by atoms with E-state index in [9.17, 15) is 8.42 Å². The normalized spacial score (nSPS) is 37.4. The number of sulfone groups is 1. The van der Waals surface area contributed by atoms with E-state index in [1.54, 1.807) is 12.1 Å². The van der Waals surface area contributed by atoms with E-state index in [0.717, 1.165) is 19.3 Å². The number of hydrogen-bond donors (Lipinski definition) is 2. The van der Waals surface area contributed by atoms with Crippen molar-refractivity contribution in [1.82, 2.24) is 5.32 Å². The maximum absolute atomic E-state index is 11.7. The molecule has 24 heavy (non-hydrogen) atoms. The number of hydrogen-bond acceptors (Lipinski definition) is 3. The largest absolute Gasteiger partial charge is 0.376 e. The molecule has 130 valence electrons. The van der Waals surface area contributed by atoms with Crippen LogP contribution in [0.2, 0.25) is 0 Å². The van der Waals surface area contributed by atoms with Crippen LogP contribution in [0.1, 0.15) is 44.1 Å².